The van der Waals surface area contributed by atoms with Crippen molar-refractivity contribution in [2.75, 3.05) is 61.4 Å². The Morgan fingerprint density at radius 2 is 1.26 bits per heavy atom. The number of alkyl halides is 3. The first-order valence-corrected chi connectivity index (χ1v) is 31.3. The third-order valence-corrected chi connectivity index (χ3v) is 18.5. The Bertz CT molecular complexity index is 3000. The number of hydrogen-bond acceptors (Lipinski definition) is 11. The maximum atomic E-state index is 15.0. The van der Waals surface area contributed by atoms with Gasteiger partial charge in [0.15, 0.2) is 0 Å². The number of nitrogens with zero attached hydrogens (tertiary/aromatic N) is 7. The molecule has 0 bridgehead atoms. The van der Waals surface area contributed by atoms with Gasteiger partial charge in [0, 0.05) is 67.2 Å². The minimum Gasteiger partial charge on any atom is -0.351 e. The van der Waals surface area contributed by atoms with Crippen molar-refractivity contribution in [1.29, 1.82) is 0 Å². The molecule has 4 aliphatic rings. The average Bonchev–Trinajstić information content (AvgIpc) is 4.60. The van der Waals surface area contributed by atoms with Crippen LogP contribution in [-0.2, 0) is 71.8 Å². The topological polar surface area (TPSA) is 259 Å². The fraction of sp³-hybridized carbons (Fsp3) is 0.635. The van der Waals surface area contributed by atoms with Gasteiger partial charge in [0.2, 0.25) is 65.0 Å². The summed E-state index contributed by atoms with van der Waals surface area (Å²) < 4.78 is 55.5. The van der Waals surface area contributed by atoms with Gasteiger partial charge in [-0.25, -0.2) is 4.39 Å². The van der Waals surface area contributed by atoms with E-state index >= 15 is 0 Å². The van der Waals surface area contributed by atoms with Gasteiger partial charge in [0.05, 0.1) is 23.7 Å². The molecule has 27 heteroatoms. The summed E-state index contributed by atoms with van der Waals surface area (Å²) in [4.78, 5) is 168. The summed E-state index contributed by atoms with van der Waals surface area (Å²) in [6.07, 6.45) is -2.72. The van der Waals surface area contributed by atoms with E-state index in [2.05, 4.69) is 21.3 Å². The third kappa shape index (κ3) is 17.2. The van der Waals surface area contributed by atoms with Crippen molar-refractivity contribution >= 4 is 76.6 Å². The first-order valence-electron chi connectivity index (χ1n) is 30.9. The van der Waals surface area contributed by atoms with Crippen molar-refractivity contribution in [2.45, 2.75) is 185 Å². The number of hydrogen-bond donors (Lipinski definition) is 4. The highest BCUT2D eigenvalue weighted by atomic mass is 35.5. The summed E-state index contributed by atoms with van der Waals surface area (Å²) in [6, 6.07) is -1.08. The number of rotatable bonds is 8. The Hall–Kier alpha value is -7.38. The number of halogens is 5. The molecule has 0 radical (unpaired) electrons. The number of nitrogens with one attached hydrogen (secondary N) is 4. The molecule has 9 atom stereocenters. The summed E-state index contributed by atoms with van der Waals surface area (Å²) in [6.45, 7) is 8.99. The van der Waals surface area contributed by atoms with Crippen LogP contribution in [0.3, 0.4) is 0 Å². The fourth-order valence-electron chi connectivity index (χ4n) is 12.6. The number of aryl methyl sites for hydroxylation is 1. The molecular formula is C63H88ClF4N11O11. The molecule has 4 N–H and O–H groups in total. The third-order valence-electron chi connectivity index (χ3n) is 18.2. The molecule has 2 aromatic rings. The van der Waals surface area contributed by atoms with Gasteiger partial charge in [-0.15, -0.1) is 0 Å². The molecule has 90 heavy (non-hydrogen) atoms. The summed E-state index contributed by atoms with van der Waals surface area (Å²) in [7, 11) is 6.88. The monoisotopic (exact) mass is 1290 g/mol. The highest BCUT2D eigenvalue weighted by molar-refractivity contribution is 6.31. The van der Waals surface area contributed by atoms with Gasteiger partial charge in [-0.05, 0) is 112 Å². The quantitative estimate of drug-likeness (QED) is 0.274. The molecule has 496 valence electrons. The highest BCUT2D eigenvalue weighted by Gasteiger charge is 2.50. The number of likely N-dealkylation sites (N-methyl/N-ethyl adjacent to an activating group) is 5. The van der Waals surface area contributed by atoms with Crippen molar-refractivity contribution < 1.29 is 70.3 Å². The molecule has 0 unspecified atom stereocenters. The molecule has 3 aliphatic heterocycles. The fourth-order valence-corrected chi connectivity index (χ4v) is 12.9. The lowest BCUT2D eigenvalue weighted by Gasteiger charge is -2.39. The van der Waals surface area contributed by atoms with E-state index in [0.29, 0.717) is 37.7 Å². The van der Waals surface area contributed by atoms with Crippen molar-refractivity contribution in [3.8, 4) is 0 Å². The van der Waals surface area contributed by atoms with Crippen molar-refractivity contribution in [1.82, 2.24) is 55.6 Å². The maximum Gasteiger partial charge on any atom is 0.417 e. The van der Waals surface area contributed by atoms with Crippen LogP contribution in [0.2, 0.25) is 5.02 Å². The number of benzene rings is 2. The van der Waals surface area contributed by atoms with E-state index in [9.17, 15) is 70.3 Å². The SMILES string of the molecule is CC[C@H](C)[C@@H]1NC(=O)[C@H](C)N(C)C(=O)C[C@@H](C)NC(=O)[C@H](C(C)C)N(C)C(=O)C2(CCCC2)NC(=O)[C@@H]2CCCN2C(=O)[C@H](CCc2ccc(C(F)(F)F)c(Cl)c2)NC(=O)CN(C)C(=O)[C@H](Cc2ccc(F)cc2)N(C)C(=O)[C@@H]2CCCN2C(=O)CN(C)C1=O. The van der Waals surface area contributed by atoms with Gasteiger partial charge >= 0.3 is 6.18 Å². The number of carbonyl (C=O) groups is 11. The van der Waals surface area contributed by atoms with E-state index in [0.717, 1.165) is 26.8 Å². The molecule has 1 saturated carbocycles. The predicted octanol–water partition coefficient (Wildman–Crippen LogP) is 4.08. The number of amides is 11. The van der Waals surface area contributed by atoms with Crippen LogP contribution in [0, 0.1) is 17.7 Å². The smallest absolute Gasteiger partial charge is 0.351 e. The van der Waals surface area contributed by atoms with E-state index in [4.69, 9.17) is 11.6 Å². The van der Waals surface area contributed by atoms with Crippen LogP contribution in [0.15, 0.2) is 42.5 Å². The van der Waals surface area contributed by atoms with Crippen LogP contribution >= 0.6 is 11.6 Å². The first-order chi connectivity index (χ1) is 42.2. The van der Waals surface area contributed by atoms with Crippen LogP contribution in [-0.4, -0.2) is 215 Å². The van der Waals surface area contributed by atoms with Crippen LogP contribution < -0.4 is 21.3 Å². The van der Waals surface area contributed by atoms with Crippen LogP contribution in [0.1, 0.15) is 129 Å². The summed E-state index contributed by atoms with van der Waals surface area (Å²) in [5, 5.41) is 10.7. The molecule has 11 amide bonds. The lowest BCUT2D eigenvalue weighted by Crippen LogP contribution is -2.64. The second-order valence-electron chi connectivity index (χ2n) is 25.1. The van der Waals surface area contributed by atoms with Gasteiger partial charge in [-0.3, -0.25) is 52.7 Å². The Balaban J connectivity index is 1.37. The molecular weight excluding hydrogens is 1200 g/mol. The standard InChI is InChI=1S/C63H88ClF4N11O11/c1-12-37(4)52-60(89)74(8)35-51(82)78-29-16-18-47(78)59(88)76(10)48(33-41-19-23-42(65)24-20-41)58(87)73(7)34-49(80)70-45(26-22-40-21-25-43(44(64)32-40)63(66,67)68)57(86)79-30-15-17-46(79)55(84)72-62(27-13-14-28-62)61(90)77(11)53(36(2)3)56(85)69-38(5)31-50(81)75(9)39(6)54(83)71-52/h19-21,23-25,32,36-39,45-48,52-53H,12-18,22,26-31,33-35H2,1-11H3,(H,69,85)(H,70,80)(H,71,83)(H,72,84)/t37-,38+,39-,45-,46-,47-,48-,52-,53-/m0/s1. The van der Waals surface area contributed by atoms with Crippen LogP contribution in [0.4, 0.5) is 17.6 Å². The van der Waals surface area contributed by atoms with E-state index in [1.807, 2.05) is 6.92 Å². The summed E-state index contributed by atoms with van der Waals surface area (Å²) in [5.74, 6) is -8.88. The Kier molecular flexibility index (Phi) is 24.4. The van der Waals surface area contributed by atoms with Gasteiger partial charge in [-0.2, -0.15) is 13.2 Å². The number of fused-ring (bicyclic) bond motifs is 2. The molecule has 0 aromatic heterocycles. The largest absolute Gasteiger partial charge is 0.417 e. The maximum absolute atomic E-state index is 15.0. The van der Waals surface area contributed by atoms with Gasteiger partial charge in [0.25, 0.3) is 0 Å². The lowest BCUT2D eigenvalue weighted by molar-refractivity contribution is -0.151. The zero-order chi connectivity index (χ0) is 66.9. The van der Waals surface area contributed by atoms with Gasteiger partial charge in [-0.1, -0.05) is 76.8 Å². The minimum absolute atomic E-state index is 0.0236. The Labute approximate surface area is 528 Å². The van der Waals surface area contributed by atoms with E-state index in [1.165, 1.54) is 92.1 Å². The molecule has 3 heterocycles. The molecule has 1 aliphatic carbocycles. The molecule has 6 rings (SSSR count). The molecule has 4 fully saturated rings. The Morgan fingerprint density at radius 3 is 1.86 bits per heavy atom. The molecule has 3 saturated heterocycles. The summed E-state index contributed by atoms with van der Waals surface area (Å²) >= 11 is 6.10. The van der Waals surface area contributed by atoms with Crippen molar-refractivity contribution in [3.05, 3.63) is 70.0 Å². The highest BCUT2D eigenvalue weighted by Crippen LogP contribution is 2.36. The van der Waals surface area contributed by atoms with Crippen molar-refractivity contribution in [3.63, 3.8) is 0 Å². The van der Waals surface area contributed by atoms with Crippen LogP contribution in [0.25, 0.3) is 0 Å². The number of carbonyl (C=O) groups excluding carboxylic acids is 11. The zero-order valence-electron chi connectivity index (χ0n) is 53.3. The minimum atomic E-state index is -4.77. The molecule has 1 spiro atoms. The first kappa shape index (κ1) is 71.7. The van der Waals surface area contributed by atoms with Gasteiger partial charge in [0.1, 0.15) is 53.6 Å². The second kappa shape index (κ2) is 30.6. The molecule has 2 aromatic carbocycles. The van der Waals surface area contributed by atoms with E-state index in [-0.39, 0.29) is 70.0 Å². The zero-order valence-corrected chi connectivity index (χ0v) is 54.1. The van der Waals surface area contributed by atoms with Crippen molar-refractivity contribution in [2.24, 2.45) is 11.8 Å². The predicted molar refractivity (Wildman–Crippen MR) is 325 cm³/mol. The van der Waals surface area contributed by atoms with E-state index < -0.39 is 166 Å². The summed E-state index contributed by atoms with van der Waals surface area (Å²) in [5.41, 5.74) is -1.91. The lowest BCUT2D eigenvalue weighted by atomic mass is 9.92. The molecule has 22 nitrogen and oxygen atoms in total. The average molecular weight is 1290 g/mol. The van der Waals surface area contributed by atoms with Gasteiger partial charge < -0.3 is 55.6 Å². The Morgan fingerprint density at radius 1 is 0.656 bits per heavy atom. The van der Waals surface area contributed by atoms with Crippen LogP contribution in [0.5, 0.6) is 0 Å². The second-order valence-corrected chi connectivity index (χ2v) is 25.5. The van der Waals surface area contributed by atoms with E-state index in [1.54, 1.807) is 27.7 Å². The normalized spacial score (nSPS) is 26.4.